The number of nitrogens with one attached hydrogen (secondary N) is 1. The SMILES string of the molecule is O=C(NCc1ccc(Cl)cc1)C1=CC=C2C(=O)N(CC3(N4CCCCC4=O)CC3)CCN2C1O. The maximum atomic E-state index is 13.3. The van der Waals surface area contributed by atoms with Gasteiger partial charge >= 0.3 is 0 Å². The number of aliphatic hydroxyl groups is 1. The van der Waals surface area contributed by atoms with E-state index >= 15 is 0 Å². The Labute approximate surface area is 203 Å². The summed E-state index contributed by atoms with van der Waals surface area (Å²) in [5.74, 6) is -0.356. The number of hydrogen-bond acceptors (Lipinski definition) is 5. The van der Waals surface area contributed by atoms with E-state index in [1.807, 2.05) is 17.0 Å². The Bertz CT molecular complexity index is 1060. The van der Waals surface area contributed by atoms with Crippen molar-refractivity contribution in [1.82, 2.24) is 20.0 Å². The Morgan fingerprint density at radius 1 is 1.09 bits per heavy atom. The summed E-state index contributed by atoms with van der Waals surface area (Å²) < 4.78 is 0. The minimum absolute atomic E-state index is 0.169. The number of benzene rings is 1. The highest BCUT2D eigenvalue weighted by Crippen LogP contribution is 2.44. The molecule has 9 heteroatoms. The molecule has 0 aromatic heterocycles. The second-order valence-corrected chi connectivity index (χ2v) is 9.94. The largest absolute Gasteiger partial charge is 0.369 e. The Hall–Kier alpha value is -2.84. The molecule has 5 rings (SSSR count). The molecule has 1 aromatic rings. The van der Waals surface area contributed by atoms with Crippen LogP contribution in [-0.2, 0) is 20.9 Å². The van der Waals surface area contributed by atoms with Crippen LogP contribution in [0.2, 0.25) is 5.02 Å². The van der Waals surface area contributed by atoms with Gasteiger partial charge in [-0.3, -0.25) is 14.4 Å². The number of carbonyl (C=O) groups excluding carboxylic acids is 3. The van der Waals surface area contributed by atoms with Crippen molar-refractivity contribution in [3.8, 4) is 0 Å². The molecule has 1 saturated carbocycles. The first-order valence-electron chi connectivity index (χ1n) is 11.9. The molecule has 3 heterocycles. The van der Waals surface area contributed by atoms with E-state index in [0.29, 0.717) is 43.3 Å². The molecule has 34 heavy (non-hydrogen) atoms. The van der Waals surface area contributed by atoms with Crippen molar-refractivity contribution < 1.29 is 19.5 Å². The lowest BCUT2D eigenvalue weighted by molar-refractivity contribution is -0.142. The van der Waals surface area contributed by atoms with Gasteiger partial charge in [0.1, 0.15) is 5.70 Å². The number of piperidine rings is 1. The maximum Gasteiger partial charge on any atom is 0.270 e. The predicted molar refractivity (Wildman–Crippen MR) is 126 cm³/mol. The van der Waals surface area contributed by atoms with E-state index in [-0.39, 0.29) is 28.8 Å². The molecule has 0 radical (unpaired) electrons. The zero-order valence-corrected chi connectivity index (χ0v) is 19.8. The van der Waals surface area contributed by atoms with E-state index in [4.69, 9.17) is 11.6 Å². The summed E-state index contributed by atoms with van der Waals surface area (Å²) >= 11 is 5.90. The number of amides is 3. The van der Waals surface area contributed by atoms with Gasteiger partial charge in [-0.2, -0.15) is 0 Å². The molecular formula is C25H29ClN4O4. The normalized spacial score (nSPS) is 23.8. The van der Waals surface area contributed by atoms with Gasteiger partial charge in [0.05, 0.1) is 11.1 Å². The molecule has 3 aliphatic heterocycles. The van der Waals surface area contributed by atoms with Crippen LogP contribution in [-0.4, -0.2) is 75.5 Å². The van der Waals surface area contributed by atoms with Crippen LogP contribution in [0.5, 0.6) is 0 Å². The Morgan fingerprint density at radius 2 is 1.85 bits per heavy atom. The number of piperazine rings is 1. The molecule has 4 aliphatic rings. The molecule has 1 atom stereocenters. The molecule has 0 bridgehead atoms. The average molecular weight is 485 g/mol. The first-order chi connectivity index (χ1) is 16.4. The molecule has 1 aromatic carbocycles. The van der Waals surface area contributed by atoms with Gasteiger partial charge in [0.25, 0.3) is 11.8 Å². The van der Waals surface area contributed by atoms with Gasteiger partial charge in [0.15, 0.2) is 6.23 Å². The molecule has 3 amide bonds. The minimum atomic E-state index is -1.19. The lowest BCUT2D eigenvalue weighted by atomic mass is 10.0. The van der Waals surface area contributed by atoms with E-state index in [1.165, 1.54) is 6.08 Å². The minimum Gasteiger partial charge on any atom is -0.369 e. The lowest BCUT2D eigenvalue weighted by Gasteiger charge is -2.44. The van der Waals surface area contributed by atoms with E-state index < -0.39 is 6.23 Å². The Morgan fingerprint density at radius 3 is 2.56 bits per heavy atom. The smallest absolute Gasteiger partial charge is 0.270 e. The van der Waals surface area contributed by atoms with Crippen LogP contribution in [0.25, 0.3) is 0 Å². The molecule has 2 N–H and O–H groups in total. The standard InChI is InChI=1S/C25H29ClN4O4/c26-18-6-4-17(5-7-18)15-27-22(32)19-8-9-20-24(34)28(13-14-29(20)23(19)33)16-25(10-11-25)30-12-2-1-3-21(30)31/h4-9,23,33H,1-3,10-16H2,(H,27,32). The van der Waals surface area contributed by atoms with Crippen LogP contribution in [0.3, 0.4) is 0 Å². The molecule has 3 fully saturated rings. The van der Waals surface area contributed by atoms with Crippen molar-refractivity contribution in [3.05, 3.63) is 58.3 Å². The monoisotopic (exact) mass is 484 g/mol. The highest BCUT2D eigenvalue weighted by Gasteiger charge is 2.52. The summed E-state index contributed by atoms with van der Waals surface area (Å²) in [6.45, 7) is 2.46. The van der Waals surface area contributed by atoms with Crippen molar-refractivity contribution in [2.45, 2.75) is 50.4 Å². The van der Waals surface area contributed by atoms with Crippen molar-refractivity contribution in [1.29, 1.82) is 0 Å². The highest BCUT2D eigenvalue weighted by atomic mass is 35.5. The highest BCUT2D eigenvalue weighted by molar-refractivity contribution is 6.30. The van der Waals surface area contributed by atoms with Gasteiger partial charge in [-0.15, -0.1) is 0 Å². The summed E-state index contributed by atoms with van der Waals surface area (Å²) in [5.41, 5.74) is 1.25. The molecule has 1 unspecified atom stereocenters. The van der Waals surface area contributed by atoms with E-state index in [9.17, 15) is 19.5 Å². The third-order valence-corrected chi connectivity index (χ3v) is 7.51. The van der Waals surface area contributed by atoms with Gasteiger partial charge in [-0.25, -0.2) is 0 Å². The van der Waals surface area contributed by atoms with Gasteiger partial charge in [-0.1, -0.05) is 23.7 Å². The molecular weight excluding hydrogens is 456 g/mol. The van der Waals surface area contributed by atoms with Crippen LogP contribution in [0.1, 0.15) is 37.7 Å². The third kappa shape index (κ3) is 4.32. The molecule has 2 saturated heterocycles. The van der Waals surface area contributed by atoms with Crippen LogP contribution in [0, 0.1) is 0 Å². The van der Waals surface area contributed by atoms with E-state index in [2.05, 4.69) is 5.32 Å². The summed E-state index contributed by atoms with van der Waals surface area (Å²) in [5, 5.41) is 14.3. The fourth-order valence-electron chi connectivity index (χ4n) is 5.13. The number of fused-ring (bicyclic) bond motifs is 1. The Kier molecular flexibility index (Phi) is 6.12. The second-order valence-electron chi connectivity index (χ2n) is 9.50. The summed E-state index contributed by atoms with van der Waals surface area (Å²) in [7, 11) is 0. The topological polar surface area (TPSA) is 93.2 Å². The quantitative estimate of drug-likeness (QED) is 0.642. The van der Waals surface area contributed by atoms with Crippen LogP contribution >= 0.6 is 11.6 Å². The second kappa shape index (κ2) is 9.07. The first-order valence-corrected chi connectivity index (χ1v) is 12.2. The molecule has 8 nitrogen and oxygen atoms in total. The van der Waals surface area contributed by atoms with Crippen molar-refractivity contribution in [2.75, 3.05) is 26.2 Å². The number of carbonyl (C=O) groups is 3. The fraction of sp³-hybridized carbons (Fsp3) is 0.480. The molecule has 180 valence electrons. The number of hydrogen-bond donors (Lipinski definition) is 2. The van der Waals surface area contributed by atoms with Crippen LogP contribution < -0.4 is 5.32 Å². The zero-order chi connectivity index (χ0) is 23.9. The fourth-order valence-corrected chi connectivity index (χ4v) is 5.26. The van der Waals surface area contributed by atoms with Gasteiger partial charge in [0, 0.05) is 44.2 Å². The number of aliphatic hydroxyl groups excluding tert-OH is 1. The maximum absolute atomic E-state index is 13.3. The summed E-state index contributed by atoms with van der Waals surface area (Å²) in [6.07, 6.45) is 6.34. The summed E-state index contributed by atoms with van der Waals surface area (Å²) in [4.78, 5) is 43.8. The first kappa shape index (κ1) is 22.9. The predicted octanol–water partition coefficient (Wildman–Crippen LogP) is 1.79. The van der Waals surface area contributed by atoms with Gasteiger partial charge < -0.3 is 25.1 Å². The number of likely N-dealkylation sites (tertiary alicyclic amines) is 1. The van der Waals surface area contributed by atoms with Crippen molar-refractivity contribution in [2.24, 2.45) is 0 Å². The van der Waals surface area contributed by atoms with Crippen LogP contribution in [0.15, 0.2) is 47.7 Å². The molecule has 0 spiro atoms. The van der Waals surface area contributed by atoms with E-state index in [0.717, 1.165) is 37.8 Å². The zero-order valence-electron chi connectivity index (χ0n) is 19.0. The number of nitrogens with zero attached hydrogens (tertiary/aromatic N) is 3. The average Bonchev–Trinajstić information content (AvgIpc) is 3.61. The van der Waals surface area contributed by atoms with Gasteiger partial charge in [-0.05, 0) is 55.5 Å². The van der Waals surface area contributed by atoms with Gasteiger partial charge in [0.2, 0.25) is 5.91 Å². The van der Waals surface area contributed by atoms with Crippen molar-refractivity contribution in [3.63, 3.8) is 0 Å². The third-order valence-electron chi connectivity index (χ3n) is 7.26. The molecule has 1 aliphatic carbocycles. The number of halogens is 1. The Balaban J connectivity index is 1.25. The van der Waals surface area contributed by atoms with Crippen LogP contribution in [0.4, 0.5) is 0 Å². The van der Waals surface area contributed by atoms with E-state index in [1.54, 1.807) is 28.0 Å². The van der Waals surface area contributed by atoms with Crippen molar-refractivity contribution >= 4 is 29.3 Å². The lowest BCUT2D eigenvalue weighted by Crippen LogP contribution is -2.58. The number of allylic oxidation sites excluding steroid dienone is 2. The number of rotatable bonds is 6. The summed E-state index contributed by atoms with van der Waals surface area (Å²) in [6, 6.07) is 7.16.